The van der Waals surface area contributed by atoms with Crippen molar-refractivity contribution >= 4 is 41.6 Å². The molecule has 63 valence electrons. The van der Waals surface area contributed by atoms with Gasteiger partial charge < -0.3 is 0 Å². The van der Waals surface area contributed by atoms with Crippen LogP contribution in [0.2, 0.25) is 0 Å². The molecule has 0 bridgehead atoms. The fraction of sp³-hybridized carbons (Fsp3) is 0. The first kappa shape index (κ1) is 9.13. The predicted molar refractivity (Wildman–Crippen MR) is 49.4 cm³/mol. The van der Waals surface area contributed by atoms with Crippen molar-refractivity contribution in [3.8, 4) is 0 Å². The summed E-state index contributed by atoms with van der Waals surface area (Å²) in [6.45, 7) is 0. The van der Waals surface area contributed by atoms with Crippen molar-refractivity contribution < 1.29 is 9.41 Å². The molecule has 0 spiro atoms. The van der Waals surface area contributed by atoms with Gasteiger partial charge in [-0.25, -0.2) is 0 Å². The Morgan fingerprint density at radius 3 is 3.08 bits per heavy atom. The Morgan fingerprint density at radius 1 is 1.54 bits per heavy atom. The maximum absolute atomic E-state index is 12.9. The van der Waals surface area contributed by atoms with Crippen LogP contribution in [0.1, 0.15) is 5.56 Å². The van der Waals surface area contributed by atoms with Crippen molar-refractivity contribution in [2.75, 3.05) is 0 Å². The Hall–Kier alpha value is -0.433. The molecule has 0 fully saturated rings. The van der Waals surface area contributed by atoms with Crippen molar-refractivity contribution in [3.63, 3.8) is 0 Å². The van der Waals surface area contributed by atoms with Crippen LogP contribution in [0.4, 0.5) is 4.39 Å². The number of hydrogen-bond donors (Lipinski definition) is 2. The Kier molecular flexibility index (Phi) is 2.37. The Bertz CT molecular complexity index is 385. The second-order valence-electron chi connectivity index (χ2n) is 2.72. The fourth-order valence-electron chi connectivity index (χ4n) is 1.23. The second-order valence-corrected chi connectivity index (χ2v) is 4.56. The van der Waals surface area contributed by atoms with E-state index in [-0.39, 0.29) is 5.82 Å². The summed E-state index contributed by atoms with van der Waals surface area (Å²) >= 11 is 0.726. The van der Waals surface area contributed by atoms with E-state index in [2.05, 4.69) is 10.4 Å². The molecule has 0 saturated carbocycles. The first-order valence-corrected chi connectivity index (χ1v) is 5.65. The molecule has 1 heterocycles. The molecule has 3 radical (unpaired) electrons. The van der Waals surface area contributed by atoms with Crippen LogP contribution in [-0.4, -0.2) is 41.1 Å². The summed E-state index contributed by atoms with van der Waals surface area (Å²) in [5, 5.41) is 15.9. The van der Waals surface area contributed by atoms with Gasteiger partial charge in [-0.1, -0.05) is 0 Å². The predicted octanol–water partition coefficient (Wildman–Crippen LogP) is -1.05. The van der Waals surface area contributed by atoms with Crippen molar-refractivity contribution in [1.82, 2.24) is 5.34 Å². The third-order valence-electron chi connectivity index (χ3n) is 1.86. The van der Waals surface area contributed by atoms with Gasteiger partial charge in [-0.05, 0) is 0 Å². The molecular weight excluding hydrogens is 365 g/mol. The molecule has 0 saturated heterocycles. The van der Waals surface area contributed by atoms with Crippen LogP contribution in [0, 0.1) is 5.82 Å². The molecule has 1 aliphatic heterocycles. The van der Waals surface area contributed by atoms with Crippen molar-refractivity contribution in [1.29, 1.82) is 0 Å². The van der Waals surface area contributed by atoms with E-state index >= 15 is 0 Å². The molecule has 13 heavy (non-hydrogen) atoms. The van der Waals surface area contributed by atoms with E-state index < -0.39 is 7.05 Å². The Labute approximate surface area is 90.9 Å². The number of hydrogen-bond acceptors (Lipinski definition) is 3. The first-order chi connectivity index (χ1) is 6.18. The number of fused-ring (bicyclic) bond motifs is 1. The van der Waals surface area contributed by atoms with Gasteiger partial charge in [-0.3, -0.25) is 0 Å². The van der Waals surface area contributed by atoms with Gasteiger partial charge in [0.25, 0.3) is 0 Å². The Balaban J connectivity index is 2.60. The SMILES string of the molecule is OB1NN=[C]([Pb])c2cc(F)ccc21. The van der Waals surface area contributed by atoms with Crippen LogP contribution in [0.25, 0.3) is 0 Å². The number of halogens is 1. The molecular formula is C7H5BFN2OPb. The molecule has 0 amide bonds. The standard InChI is InChI=1S/C7H5BFN2O.Pb/c9-6-1-2-7-5(3-6)4-10-11-8(7)12;/h1-3,11-12H;. The van der Waals surface area contributed by atoms with Gasteiger partial charge in [0.05, 0.1) is 0 Å². The zero-order chi connectivity index (χ0) is 9.42. The number of benzene rings is 1. The zero-order valence-electron chi connectivity index (χ0n) is 6.58. The Morgan fingerprint density at radius 2 is 2.31 bits per heavy atom. The molecule has 1 aliphatic rings. The minimum atomic E-state index is -0.812. The number of nitrogens with zero attached hydrogens (tertiary/aromatic N) is 1. The van der Waals surface area contributed by atoms with Crippen LogP contribution in [0.3, 0.4) is 0 Å². The van der Waals surface area contributed by atoms with E-state index in [1.54, 1.807) is 6.07 Å². The van der Waals surface area contributed by atoms with E-state index in [1.807, 2.05) is 0 Å². The van der Waals surface area contributed by atoms with Gasteiger partial charge in [0.15, 0.2) is 0 Å². The summed E-state index contributed by atoms with van der Waals surface area (Å²) in [6.07, 6.45) is 0. The van der Waals surface area contributed by atoms with E-state index in [4.69, 9.17) is 0 Å². The average molecular weight is 370 g/mol. The third-order valence-corrected chi connectivity index (χ3v) is 3.35. The topological polar surface area (TPSA) is 44.6 Å². The normalized spacial score (nSPS) is 14.7. The summed E-state index contributed by atoms with van der Waals surface area (Å²) in [5.41, 5.74) is 1.42. The first-order valence-electron chi connectivity index (χ1n) is 3.71. The van der Waals surface area contributed by atoms with E-state index in [9.17, 15) is 9.41 Å². The number of hydrazone groups is 1. The van der Waals surface area contributed by atoms with Gasteiger partial charge in [-0.2, -0.15) is 0 Å². The molecule has 0 atom stereocenters. The summed E-state index contributed by atoms with van der Waals surface area (Å²) < 4.78 is 13.7. The van der Waals surface area contributed by atoms with Crippen molar-refractivity contribution in [2.24, 2.45) is 5.10 Å². The van der Waals surface area contributed by atoms with E-state index in [0.717, 1.165) is 34.6 Å². The van der Waals surface area contributed by atoms with E-state index in [0.29, 0.717) is 5.46 Å². The van der Waals surface area contributed by atoms with Gasteiger partial charge >= 0.3 is 91.0 Å². The van der Waals surface area contributed by atoms with Gasteiger partial charge in [0, 0.05) is 0 Å². The molecule has 0 unspecified atom stereocenters. The van der Waals surface area contributed by atoms with Crippen LogP contribution in [0.15, 0.2) is 23.3 Å². The molecule has 1 aromatic carbocycles. The van der Waals surface area contributed by atoms with Crippen LogP contribution >= 0.6 is 0 Å². The van der Waals surface area contributed by atoms with Crippen molar-refractivity contribution in [3.05, 3.63) is 29.6 Å². The summed E-state index contributed by atoms with van der Waals surface area (Å²) in [5.74, 6) is -0.295. The molecule has 2 N–H and O–H groups in total. The monoisotopic (exact) mass is 371 g/mol. The van der Waals surface area contributed by atoms with Gasteiger partial charge in [-0.15, -0.1) is 0 Å². The van der Waals surface area contributed by atoms with Crippen molar-refractivity contribution in [2.45, 2.75) is 0 Å². The molecule has 3 nitrogen and oxygen atoms in total. The minimum absolute atomic E-state index is 0.295. The number of rotatable bonds is 0. The molecule has 2 rings (SSSR count). The second kappa shape index (κ2) is 3.37. The summed E-state index contributed by atoms with van der Waals surface area (Å²) in [6, 6.07) is 4.32. The van der Waals surface area contributed by atoms with Gasteiger partial charge in [0.2, 0.25) is 0 Å². The maximum atomic E-state index is 12.9. The molecule has 6 heteroatoms. The molecule has 1 aromatic rings. The van der Waals surface area contributed by atoms with Crippen LogP contribution in [0.5, 0.6) is 0 Å². The summed E-state index contributed by atoms with van der Waals surface area (Å²) in [7, 11) is -0.812. The summed E-state index contributed by atoms with van der Waals surface area (Å²) in [4.78, 5) is 0. The molecule has 0 aliphatic carbocycles. The quantitative estimate of drug-likeness (QED) is 0.573. The molecule has 0 aromatic heterocycles. The van der Waals surface area contributed by atoms with Crippen LogP contribution < -0.4 is 10.8 Å². The number of nitrogens with one attached hydrogen (secondary N) is 1. The van der Waals surface area contributed by atoms with E-state index in [1.165, 1.54) is 12.1 Å². The fourth-order valence-corrected chi connectivity index (χ4v) is 2.32. The zero-order valence-corrected chi connectivity index (χ0v) is 10.5. The van der Waals surface area contributed by atoms with Gasteiger partial charge in [0.1, 0.15) is 0 Å². The van der Waals surface area contributed by atoms with Crippen LogP contribution in [-0.2, 0) is 0 Å². The third kappa shape index (κ3) is 1.62. The average Bonchev–Trinajstić information content (AvgIpc) is 2.12.